The molecular weight excluding hydrogens is 376 g/mol. The predicted molar refractivity (Wildman–Crippen MR) is 120 cm³/mol. The van der Waals surface area contributed by atoms with Crippen molar-refractivity contribution in [2.24, 2.45) is 0 Å². The average molecular weight is 407 g/mol. The van der Waals surface area contributed by atoms with Gasteiger partial charge in [-0.25, -0.2) is 9.78 Å². The lowest BCUT2D eigenvalue weighted by Gasteiger charge is -2.33. The number of carbonyl (C=O) groups is 1. The van der Waals surface area contributed by atoms with Gasteiger partial charge >= 0.3 is 6.03 Å². The molecule has 2 aromatic rings. The van der Waals surface area contributed by atoms with Crippen LogP contribution in [0.25, 0.3) is 0 Å². The Kier molecular flexibility index (Phi) is 7.50. The molecule has 0 unspecified atom stereocenters. The first-order valence-corrected chi connectivity index (χ1v) is 10.6. The number of para-hydroxylation sites is 1. The number of anilines is 2. The van der Waals surface area contributed by atoms with E-state index in [9.17, 15) is 4.79 Å². The summed E-state index contributed by atoms with van der Waals surface area (Å²) in [5, 5.41) is 15.0. The second kappa shape index (κ2) is 10.5. The lowest BCUT2D eigenvalue weighted by Crippen LogP contribution is -2.49. The van der Waals surface area contributed by atoms with E-state index in [2.05, 4.69) is 57.5 Å². The van der Waals surface area contributed by atoms with Crippen molar-refractivity contribution in [2.45, 2.75) is 32.7 Å². The van der Waals surface area contributed by atoms with Crippen molar-refractivity contribution in [1.29, 1.82) is 5.26 Å². The SMILES string of the molecule is CCN(CCNC(=O)NC1CCN(c2ccc(C#N)cn2)CC1)c1ccccc1C. The number of amides is 2. The Morgan fingerprint density at radius 1 is 1.27 bits per heavy atom. The standard InChI is InChI=1S/C23H30N6O/c1-3-28(21-7-5-4-6-18(21)2)15-12-25-23(30)27-20-10-13-29(14-11-20)22-9-8-19(16-24)17-26-22/h4-9,17,20H,3,10-15H2,1-2H3,(H2,25,27,30). The minimum absolute atomic E-state index is 0.106. The van der Waals surface area contributed by atoms with Crippen LogP contribution in [0.2, 0.25) is 0 Å². The van der Waals surface area contributed by atoms with Crippen molar-refractivity contribution in [2.75, 3.05) is 42.5 Å². The smallest absolute Gasteiger partial charge is 0.315 e. The summed E-state index contributed by atoms with van der Waals surface area (Å²) < 4.78 is 0. The summed E-state index contributed by atoms with van der Waals surface area (Å²) in [6, 6.07) is 14.1. The van der Waals surface area contributed by atoms with Gasteiger partial charge in [-0.2, -0.15) is 5.26 Å². The molecule has 2 N–H and O–H groups in total. The molecule has 30 heavy (non-hydrogen) atoms. The molecule has 0 spiro atoms. The molecule has 3 rings (SSSR count). The molecule has 0 atom stereocenters. The maximum atomic E-state index is 12.3. The highest BCUT2D eigenvalue weighted by Gasteiger charge is 2.21. The van der Waals surface area contributed by atoms with Gasteiger partial charge in [-0.3, -0.25) is 0 Å². The molecule has 7 nitrogen and oxygen atoms in total. The quantitative estimate of drug-likeness (QED) is 0.738. The predicted octanol–water partition coefficient (Wildman–Crippen LogP) is 3.06. The van der Waals surface area contributed by atoms with Gasteiger partial charge in [0.25, 0.3) is 0 Å². The summed E-state index contributed by atoms with van der Waals surface area (Å²) >= 11 is 0. The van der Waals surface area contributed by atoms with Crippen LogP contribution in [0.15, 0.2) is 42.6 Å². The number of nitrogens with one attached hydrogen (secondary N) is 2. The third kappa shape index (κ3) is 5.63. The van der Waals surface area contributed by atoms with E-state index in [0.717, 1.165) is 44.8 Å². The summed E-state index contributed by atoms with van der Waals surface area (Å²) in [6.45, 7) is 8.18. The van der Waals surface area contributed by atoms with Crippen LogP contribution in [0.4, 0.5) is 16.3 Å². The van der Waals surface area contributed by atoms with E-state index < -0.39 is 0 Å². The lowest BCUT2D eigenvalue weighted by atomic mass is 10.1. The summed E-state index contributed by atoms with van der Waals surface area (Å²) in [5.41, 5.74) is 3.02. The number of benzene rings is 1. The molecular formula is C23H30N6O. The molecule has 0 bridgehead atoms. The fourth-order valence-electron chi connectivity index (χ4n) is 3.80. The molecule has 0 radical (unpaired) electrons. The van der Waals surface area contributed by atoms with Crippen LogP contribution in [-0.2, 0) is 0 Å². The van der Waals surface area contributed by atoms with E-state index in [1.165, 1.54) is 11.3 Å². The molecule has 1 aliphatic rings. The van der Waals surface area contributed by atoms with Crippen LogP contribution < -0.4 is 20.4 Å². The van der Waals surface area contributed by atoms with Crippen molar-refractivity contribution in [3.8, 4) is 6.07 Å². The maximum Gasteiger partial charge on any atom is 0.315 e. The van der Waals surface area contributed by atoms with Crippen LogP contribution in [0, 0.1) is 18.3 Å². The Morgan fingerprint density at radius 2 is 2.03 bits per heavy atom. The lowest BCUT2D eigenvalue weighted by molar-refractivity contribution is 0.234. The minimum atomic E-state index is -0.106. The number of nitrogens with zero attached hydrogens (tertiary/aromatic N) is 4. The van der Waals surface area contributed by atoms with Crippen LogP contribution in [0.1, 0.15) is 30.9 Å². The third-order valence-electron chi connectivity index (χ3n) is 5.54. The van der Waals surface area contributed by atoms with Crippen molar-refractivity contribution < 1.29 is 4.79 Å². The second-order valence-electron chi connectivity index (χ2n) is 7.54. The molecule has 1 aliphatic heterocycles. The fourth-order valence-corrected chi connectivity index (χ4v) is 3.80. The minimum Gasteiger partial charge on any atom is -0.370 e. The first-order valence-electron chi connectivity index (χ1n) is 10.6. The molecule has 1 aromatic heterocycles. The summed E-state index contributed by atoms with van der Waals surface area (Å²) in [5.74, 6) is 0.882. The van der Waals surface area contributed by atoms with Gasteiger partial charge in [-0.15, -0.1) is 0 Å². The van der Waals surface area contributed by atoms with Crippen molar-refractivity contribution in [3.05, 3.63) is 53.7 Å². The fraction of sp³-hybridized carbons (Fsp3) is 0.435. The van der Waals surface area contributed by atoms with Crippen molar-refractivity contribution >= 4 is 17.5 Å². The van der Waals surface area contributed by atoms with Gasteiger partial charge in [0, 0.05) is 50.6 Å². The number of carbonyl (C=O) groups excluding carboxylic acids is 1. The normalized spacial score (nSPS) is 14.1. The first-order chi connectivity index (χ1) is 14.6. The number of urea groups is 1. The molecule has 2 heterocycles. The average Bonchev–Trinajstić information content (AvgIpc) is 2.78. The molecule has 2 amide bonds. The van der Waals surface area contributed by atoms with E-state index in [1.54, 1.807) is 12.3 Å². The van der Waals surface area contributed by atoms with Crippen molar-refractivity contribution in [1.82, 2.24) is 15.6 Å². The second-order valence-corrected chi connectivity index (χ2v) is 7.54. The van der Waals surface area contributed by atoms with E-state index in [0.29, 0.717) is 12.1 Å². The van der Waals surface area contributed by atoms with Crippen LogP contribution in [0.3, 0.4) is 0 Å². The molecule has 0 saturated carbocycles. The van der Waals surface area contributed by atoms with Crippen molar-refractivity contribution in [3.63, 3.8) is 0 Å². The number of aryl methyl sites for hydroxylation is 1. The zero-order chi connectivity index (χ0) is 21.3. The maximum absolute atomic E-state index is 12.3. The largest absolute Gasteiger partial charge is 0.370 e. The number of nitriles is 1. The Balaban J connectivity index is 1.39. The molecule has 1 saturated heterocycles. The van der Waals surface area contributed by atoms with Gasteiger partial charge in [0.15, 0.2) is 0 Å². The van der Waals surface area contributed by atoms with Crippen LogP contribution >= 0.6 is 0 Å². The van der Waals surface area contributed by atoms with Gasteiger partial charge in [-0.05, 0) is 50.5 Å². The summed E-state index contributed by atoms with van der Waals surface area (Å²) in [7, 11) is 0. The Labute approximate surface area is 178 Å². The monoisotopic (exact) mass is 406 g/mol. The number of aromatic nitrogens is 1. The Bertz CT molecular complexity index is 868. The van der Waals surface area contributed by atoms with Gasteiger partial charge in [-0.1, -0.05) is 18.2 Å². The molecule has 158 valence electrons. The molecule has 7 heteroatoms. The highest BCUT2D eigenvalue weighted by molar-refractivity contribution is 5.74. The van der Waals surface area contributed by atoms with Gasteiger partial charge in [0.1, 0.15) is 11.9 Å². The molecule has 1 fully saturated rings. The number of likely N-dealkylation sites (N-methyl/N-ethyl adjacent to an activating group) is 1. The zero-order valence-corrected chi connectivity index (χ0v) is 17.8. The van der Waals surface area contributed by atoms with E-state index >= 15 is 0 Å². The Hall–Kier alpha value is -3.27. The van der Waals surface area contributed by atoms with E-state index in [4.69, 9.17) is 5.26 Å². The summed E-state index contributed by atoms with van der Waals surface area (Å²) in [4.78, 5) is 21.1. The molecule has 0 aliphatic carbocycles. The first kappa shape index (κ1) is 21.4. The van der Waals surface area contributed by atoms with Crippen LogP contribution in [-0.4, -0.2) is 49.8 Å². The topological polar surface area (TPSA) is 84.3 Å². The van der Waals surface area contributed by atoms with E-state index in [-0.39, 0.29) is 12.1 Å². The molecule has 1 aromatic carbocycles. The zero-order valence-electron chi connectivity index (χ0n) is 17.8. The van der Waals surface area contributed by atoms with Gasteiger partial charge in [0.05, 0.1) is 5.56 Å². The number of pyridine rings is 1. The number of hydrogen-bond donors (Lipinski definition) is 2. The number of piperidine rings is 1. The number of rotatable bonds is 7. The van der Waals surface area contributed by atoms with Crippen LogP contribution in [0.5, 0.6) is 0 Å². The highest BCUT2D eigenvalue weighted by Crippen LogP contribution is 2.19. The number of hydrogen-bond acceptors (Lipinski definition) is 5. The highest BCUT2D eigenvalue weighted by atomic mass is 16.2. The summed E-state index contributed by atoms with van der Waals surface area (Å²) in [6.07, 6.45) is 3.35. The van der Waals surface area contributed by atoms with E-state index in [1.807, 2.05) is 18.2 Å². The van der Waals surface area contributed by atoms with Gasteiger partial charge in [0.2, 0.25) is 0 Å². The van der Waals surface area contributed by atoms with Gasteiger partial charge < -0.3 is 20.4 Å². The Morgan fingerprint density at radius 3 is 2.67 bits per heavy atom. The third-order valence-corrected chi connectivity index (χ3v) is 5.54.